The Morgan fingerprint density at radius 1 is 1.43 bits per heavy atom. The van der Waals surface area contributed by atoms with Gasteiger partial charge in [-0.15, -0.1) is 0 Å². The number of carbonyl (C=O) groups is 1. The first-order valence-electron chi connectivity index (χ1n) is 7.20. The molecule has 1 saturated carbocycles. The number of hydrogen-bond donors (Lipinski definition) is 2. The highest BCUT2D eigenvalue weighted by Crippen LogP contribution is 2.25. The van der Waals surface area contributed by atoms with Crippen LogP contribution in [0.2, 0.25) is 0 Å². The van der Waals surface area contributed by atoms with Gasteiger partial charge in [0, 0.05) is 30.8 Å². The lowest BCUT2D eigenvalue weighted by Crippen LogP contribution is -2.34. The number of rotatable bonds is 2. The first-order chi connectivity index (χ1) is 10.0. The highest BCUT2D eigenvalue weighted by Gasteiger charge is 2.25. The van der Waals surface area contributed by atoms with Crippen LogP contribution < -0.4 is 16.8 Å². The minimum absolute atomic E-state index is 0.0113. The van der Waals surface area contributed by atoms with Crippen LogP contribution in [0.1, 0.15) is 25.7 Å². The molecule has 1 aromatic heterocycles. The van der Waals surface area contributed by atoms with Gasteiger partial charge in [0.15, 0.2) is 5.58 Å². The van der Waals surface area contributed by atoms with Crippen LogP contribution in [-0.4, -0.2) is 16.5 Å². The van der Waals surface area contributed by atoms with Gasteiger partial charge in [-0.1, -0.05) is 6.42 Å². The van der Waals surface area contributed by atoms with Gasteiger partial charge in [0.25, 0.3) is 0 Å². The number of nitrogens with zero attached hydrogens (tertiary/aromatic N) is 1. The van der Waals surface area contributed by atoms with Crippen LogP contribution in [0.4, 0.5) is 5.69 Å². The monoisotopic (exact) mass is 289 g/mol. The van der Waals surface area contributed by atoms with Gasteiger partial charge in [-0.25, -0.2) is 4.79 Å². The number of aromatic nitrogens is 1. The molecule has 2 aromatic rings. The number of amides is 1. The Labute approximate surface area is 121 Å². The fourth-order valence-electron chi connectivity index (χ4n) is 2.92. The summed E-state index contributed by atoms with van der Waals surface area (Å²) in [4.78, 5) is 23.7. The van der Waals surface area contributed by atoms with Gasteiger partial charge in [0.2, 0.25) is 5.91 Å². The molecule has 0 saturated heterocycles. The van der Waals surface area contributed by atoms with Crippen molar-refractivity contribution in [3.63, 3.8) is 0 Å². The predicted octanol–water partition coefficient (Wildman–Crippen LogP) is 1.59. The molecule has 0 radical (unpaired) electrons. The van der Waals surface area contributed by atoms with Crippen LogP contribution in [0.25, 0.3) is 11.1 Å². The standard InChI is InChI=1S/C15H19N3O3/c1-18-12-6-5-11(8-13(12)21-15(18)20)17-14(19)9-3-2-4-10(16)7-9/h5-6,8-10H,2-4,7,16H2,1H3,(H,17,19). The normalized spacial score (nSPS) is 22.4. The first kappa shape index (κ1) is 13.9. The summed E-state index contributed by atoms with van der Waals surface area (Å²) in [6.07, 6.45) is 3.59. The summed E-state index contributed by atoms with van der Waals surface area (Å²) in [5.74, 6) is -0.457. The zero-order chi connectivity index (χ0) is 15.0. The fourth-order valence-corrected chi connectivity index (χ4v) is 2.92. The van der Waals surface area contributed by atoms with Gasteiger partial charge >= 0.3 is 5.76 Å². The summed E-state index contributed by atoms with van der Waals surface area (Å²) in [6.45, 7) is 0. The Balaban J connectivity index is 1.78. The van der Waals surface area contributed by atoms with Crippen molar-refractivity contribution < 1.29 is 9.21 Å². The van der Waals surface area contributed by atoms with Crippen LogP contribution in [-0.2, 0) is 11.8 Å². The summed E-state index contributed by atoms with van der Waals surface area (Å²) in [5, 5.41) is 2.89. The smallest absolute Gasteiger partial charge is 0.408 e. The molecule has 1 amide bonds. The molecule has 6 heteroatoms. The number of aryl methyl sites for hydroxylation is 1. The minimum atomic E-state index is -0.410. The summed E-state index contributed by atoms with van der Waals surface area (Å²) in [6, 6.07) is 5.33. The van der Waals surface area contributed by atoms with Crippen molar-refractivity contribution in [1.82, 2.24) is 4.57 Å². The molecule has 2 atom stereocenters. The average Bonchev–Trinajstić information content (AvgIpc) is 2.73. The number of nitrogens with one attached hydrogen (secondary N) is 1. The Morgan fingerprint density at radius 2 is 2.24 bits per heavy atom. The van der Waals surface area contributed by atoms with Gasteiger partial charge in [-0.2, -0.15) is 0 Å². The molecule has 0 aliphatic heterocycles. The zero-order valence-electron chi connectivity index (χ0n) is 12.0. The maximum Gasteiger partial charge on any atom is 0.419 e. The Morgan fingerprint density at radius 3 is 3.00 bits per heavy atom. The molecule has 0 bridgehead atoms. The number of hydrogen-bond acceptors (Lipinski definition) is 4. The highest BCUT2D eigenvalue weighted by atomic mass is 16.4. The fraction of sp³-hybridized carbons (Fsp3) is 0.467. The summed E-state index contributed by atoms with van der Waals surface area (Å²) in [5.41, 5.74) is 7.74. The SMILES string of the molecule is Cn1c(=O)oc2cc(NC(=O)C3CCCC(N)C3)ccc21. The van der Waals surface area contributed by atoms with E-state index < -0.39 is 5.76 Å². The van der Waals surface area contributed by atoms with E-state index in [-0.39, 0.29) is 17.9 Å². The van der Waals surface area contributed by atoms with Crippen molar-refractivity contribution in [3.8, 4) is 0 Å². The second kappa shape index (κ2) is 5.37. The van der Waals surface area contributed by atoms with Gasteiger partial charge in [-0.05, 0) is 31.4 Å². The van der Waals surface area contributed by atoms with Crippen molar-refractivity contribution in [3.05, 3.63) is 28.7 Å². The molecular formula is C15H19N3O3. The second-order valence-corrected chi connectivity index (χ2v) is 5.72. The van der Waals surface area contributed by atoms with Crippen molar-refractivity contribution in [2.75, 3.05) is 5.32 Å². The number of carbonyl (C=O) groups excluding carboxylic acids is 1. The van der Waals surface area contributed by atoms with E-state index >= 15 is 0 Å². The van der Waals surface area contributed by atoms with E-state index in [0.717, 1.165) is 25.7 Å². The third-order valence-corrected chi connectivity index (χ3v) is 4.15. The molecule has 3 N–H and O–H groups in total. The second-order valence-electron chi connectivity index (χ2n) is 5.72. The molecule has 1 heterocycles. The van der Waals surface area contributed by atoms with Gasteiger partial charge in [0.05, 0.1) is 5.52 Å². The van der Waals surface area contributed by atoms with Gasteiger partial charge in [-0.3, -0.25) is 9.36 Å². The van der Waals surface area contributed by atoms with Crippen LogP contribution in [0.3, 0.4) is 0 Å². The Bertz CT molecular complexity index is 731. The topological polar surface area (TPSA) is 90.3 Å². The molecule has 0 spiro atoms. The summed E-state index contributed by atoms with van der Waals surface area (Å²) >= 11 is 0. The number of fused-ring (bicyclic) bond motifs is 1. The first-order valence-corrected chi connectivity index (χ1v) is 7.20. The maximum atomic E-state index is 12.3. The van der Waals surface area contributed by atoms with Gasteiger partial charge < -0.3 is 15.5 Å². The van der Waals surface area contributed by atoms with E-state index in [4.69, 9.17) is 10.2 Å². The number of oxazole rings is 1. The molecule has 1 aromatic carbocycles. The number of nitrogens with two attached hydrogens (primary N) is 1. The third kappa shape index (κ3) is 2.71. The minimum Gasteiger partial charge on any atom is -0.408 e. The molecule has 1 aliphatic rings. The van der Waals surface area contributed by atoms with Crippen LogP contribution in [0.15, 0.2) is 27.4 Å². The van der Waals surface area contributed by atoms with Crippen molar-refractivity contribution in [2.24, 2.45) is 18.7 Å². The van der Waals surface area contributed by atoms with E-state index in [1.165, 1.54) is 4.57 Å². The van der Waals surface area contributed by atoms with E-state index in [1.54, 1.807) is 25.2 Å². The summed E-state index contributed by atoms with van der Waals surface area (Å²) in [7, 11) is 1.65. The Kier molecular flexibility index (Phi) is 3.55. The Hall–Kier alpha value is -2.08. The van der Waals surface area contributed by atoms with Crippen LogP contribution >= 0.6 is 0 Å². The largest absolute Gasteiger partial charge is 0.419 e. The third-order valence-electron chi connectivity index (χ3n) is 4.15. The number of anilines is 1. The zero-order valence-corrected chi connectivity index (χ0v) is 12.0. The lowest BCUT2D eigenvalue weighted by Gasteiger charge is -2.25. The van der Waals surface area contributed by atoms with E-state index in [1.807, 2.05) is 0 Å². The lowest BCUT2D eigenvalue weighted by molar-refractivity contribution is -0.120. The quantitative estimate of drug-likeness (QED) is 0.878. The molecule has 1 aliphatic carbocycles. The average molecular weight is 289 g/mol. The molecule has 1 fully saturated rings. The highest BCUT2D eigenvalue weighted by molar-refractivity contribution is 5.94. The van der Waals surface area contributed by atoms with Crippen molar-refractivity contribution in [1.29, 1.82) is 0 Å². The lowest BCUT2D eigenvalue weighted by atomic mass is 9.85. The van der Waals surface area contributed by atoms with Crippen molar-refractivity contribution >= 4 is 22.7 Å². The molecular weight excluding hydrogens is 270 g/mol. The maximum absolute atomic E-state index is 12.3. The van der Waals surface area contributed by atoms with Crippen molar-refractivity contribution in [2.45, 2.75) is 31.7 Å². The van der Waals surface area contributed by atoms with E-state index in [2.05, 4.69) is 5.32 Å². The predicted molar refractivity (Wildman–Crippen MR) is 80.0 cm³/mol. The van der Waals surface area contributed by atoms with Crippen LogP contribution in [0.5, 0.6) is 0 Å². The molecule has 2 unspecified atom stereocenters. The van der Waals surface area contributed by atoms with E-state index in [9.17, 15) is 9.59 Å². The number of benzene rings is 1. The van der Waals surface area contributed by atoms with Crippen LogP contribution in [0, 0.1) is 5.92 Å². The molecule has 21 heavy (non-hydrogen) atoms. The molecule has 6 nitrogen and oxygen atoms in total. The molecule has 112 valence electrons. The van der Waals surface area contributed by atoms with E-state index in [0.29, 0.717) is 16.8 Å². The summed E-state index contributed by atoms with van der Waals surface area (Å²) < 4.78 is 6.55. The van der Waals surface area contributed by atoms with Gasteiger partial charge in [0.1, 0.15) is 0 Å². The molecule has 3 rings (SSSR count).